The Morgan fingerprint density at radius 1 is 1.04 bits per heavy atom. The zero-order valence-electron chi connectivity index (χ0n) is 15.0. The van der Waals surface area contributed by atoms with Crippen molar-refractivity contribution in [2.75, 3.05) is 20.8 Å². The lowest BCUT2D eigenvalue weighted by Crippen LogP contribution is -2.27. The standard InChI is InChI=1S/C21H22N2O3/c1-25-18-9-8-17(19(14-18)26-2)13-20(24)22-12-10-16-6-3-5-15-7-4-11-23-21(15)16/h3-9,11,14H,10,12-13H2,1-2H3,(H,22,24). The molecule has 0 unspecified atom stereocenters. The lowest BCUT2D eigenvalue weighted by atomic mass is 10.1. The molecule has 0 fully saturated rings. The predicted molar refractivity (Wildman–Crippen MR) is 102 cm³/mol. The van der Waals surface area contributed by atoms with Gasteiger partial charge in [0.2, 0.25) is 5.91 Å². The molecule has 0 aliphatic rings. The molecule has 26 heavy (non-hydrogen) atoms. The highest BCUT2D eigenvalue weighted by molar-refractivity contribution is 5.82. The minimum absolute atomic E-state index is 0.0401. The number of ether oxygens (including phenoxy) is 2. The lowest BCUT2D eigenvalue weighted by molar-refractivity contribution is -0.120. The Kier molecular flexibility index (Phi) is 5.69. The molecule has 0 saturated carbocycles. The topological polar surface area (TPSA) is 60.5 Å². The average molecular weight is 350 g/mol. The van der Waals surface area contributed by atoms with Crippen LogP contribution in [0.2, 0.25) is 0 Å². The molecule has 3 rings (SSSR count). The van der Waals surface area contributed by atoms with Crippen LogP contribution in [0.25, 0.3) is 10.9 Å². The monoisotopic (exact) mass is 350 g/mol. The molecule has 0 saturated heterocycles. The summed E-state index contributed by atoms with van der Waals surface area (Å²) in [5, 5.41) is 4.08. The van der Waals surface area contributed by atoms with Crippen LogP contribution < -0.4 is 14.8 Å². The molecule has 134 valence electrons. The number of amides is 1. The third-order valence-electron chi connectivity index (χ3n) is 4.28. The fraction of sp³-hybridized carbons (Fsp3) is 0.238. The number of aromatic nitrogens is 1. The maximum absolute atomic E-state index is 12.3. The SMILES string of the molecule is COc1ccc(CC(=O)NCCc2cccc3cccnc23)c(OC)c1. The second-order valence-electron chi connectivity index (χ2n) is 5.95. The molecule has 3 aromatic rings. The highest BCUT2D eigenvalue weighted by atomic mass is 16.5. The normalized spacial score (nSPS) is 10.5. The van der Waals surface area contributed by atoms with Gasteiger partial charge in [0, 0.05) is 29.8 Å². The number of hydrogen-bond acceptors (Lipinski definition) is 4. The van der Waals surface area contributed by atoms with E-state index in [2.05, 4.69) is 10.3 Å². The maximum Gasteiger partial charge on any atom is 0.224 e. The van der Waals surface area contributed by atoms with Gasteiger partial charge in [-0.25, -0.2) is 0 Å². The zero-order chi connectivity index (χ0) is 18.4. The van der Waals surface area contributed by atoms with E-state index in [0.717, 1.165) is 28.5 Å². The summed E-state index contributed by atoms with van der Waals surface area (Å²) in [6.45, 7) is 0.562. The predicted octanol–water partition coefficient (Wildman–Crippen LogP) is 3.15. The van der Waals surface area contributed by atoms with Crippen molar-refractivity contribution in [1.29, 1.82) is 0 Å². The van der Waals surface area contributed by atoms with Crippen LogP contribution in [0, 0.1) is 0 Å². The number of methoxy groups -OCH3 is 2. The molecular weight excluding hydrogens is 328 g/mol. The summed E-state index contributed by atoms with van der Waals surface area (Å²) in [6, 6.07) is 15.5. The van der Waals surface area contributed by atoms with Gasteiger partial charge in [0.1, 0.15) is 11.5 Å². The molecule has 0 radical (unpaired) electrons. The van der Waals surface area contributed by atoms with Gasteiger partial charge in [-0.2, -0.15) is 0 Å². The van der Waals surface area contributed by atoms with Crippen molar-refractivity contribution >= 4 is 16.8 Å². The summed E-state index contributed by atoms with van der Waals surface area (Å²) in [4.78, 5) is 16.7. The first-order valence-corrected chi connectivity index (χ1v) is 8.51. The highest BCUT2D eigenvalue weighted by Crippen LogP contribution is 2.24. The number of rotatable bonds is 7. The first kappa shape index (κ1) is 17.7. The second-order valence-corrected chi connectivity index (χ2v) is 5.95. The second kappa shape index (κ2) is 8.34. The molecule has 1 N–H and O–H groups in total. The lowest BCUT2D eigenvalue weighted by Gasteiger charge is -2.11. The molecule has 2 aromatic carbocycles. The number of nitrogens with zero attached hydrogens (tertiary/aromatic N) is 1. The summed E-state index contributed by atoms with van der Waals surface area (Å²) in [5.41, 5.74) is 2.95. The van der Waals surface area contributed by atoms with Gasteiger partial charge in [-0.3, -0.25) is 9.78 Å². The Morgan fingerprint density at radius 3 is 2.69 bits per heavy atom. The summed E-state index contributed by atoms with van der Waals surface area (Å²) < 4.78 is 10.5. The van der Waals surface area contributed by atoms with E-state index in [1.54, 1.807) is 26.5 Å². The van der Waals surface area contributed by atoms with E-state index in [9.17, 15) is 4.79 Å². The van der Waals surface area contributed by atoms with E-state index in [0.29, 0.717) is 18.0 Å². The van der Waals surface area contributed by atoms with Crippen molar-refractivity contribution in [3.8, 4) is 11.5 Å². The highest BCUT2D eigenvalue weighted by Gasteiger charge is 2.10. The van der Waals surface area contributed by atoms with Gasteiger partial charge in [0.15, 0.2) is 0 Å². The van der Waals surface area contributed by atoms with Gasteiger partial charge < -0.3 is 14.8 Å². The molecule has 0 aliphatic carbocycles. The molecule has 1 aromatic heterocycles. The fourth-order valence-corrected chi connectivity index (χ4v) is 2.94. The van der Waals surface area contributed by atoms with Crippen LogP contribution in [-0.4, -0.2) is 31.7 Å². The van der Waals surface area contributed by atoms with Crippen LogP contribution in [0.5, 0.6) is 11.5 Å². The van der Waals surface area contributed by atoms with Crippen molar-refractivity contribution in [3.63, 3.8) is 0 Å². The Bertz CT molecular complexity index is 903. The molecule has 0 bridgehead atoms. The van der Waals surface area contributed by atoms with Gasteiger partial charge in [-0.15, -0.1) is 0 Å². The molecule has 1 heterocycles. The van der Waals surface area contributed by atoms with Gasteiger partial charge in [-0.05, 0) is 24.1 Å². The first-order valence-electron chi connectivity index (χ1n) is 8.51. The summed E-state index contributed by atoms with van der Waals surface area (Å²) in [6.07, 6.45) is 2.79. The Morgan fingerprint density at radius 2 is 1.88 bits per heavy atom. The van der Waals surface area contributed by atoms with Crippen LogP contribution in [0.4, 0.5) is 0 Å². The van der Waals surface area contributed by atoms with Crippen molar-refractivity contribution in [2.45, 2.75) is 12.8 Å². The molecule has 0 spiro atoms. The van der Waals surface area contributed by atoms with Gasteiger partial charge >= 0.3 is 0 Å². The first-order chi connectivity index (χ1) is 12.7. The van der Waals surface area contributed by atoms with Gasteiger partial charge in [0.05, 0.1) is 26.2 Å². The number of hydrogen-bond donors (Lipinski definition) is 1. The van der Waals surface area contributed by atoms with E-state index >= 15 is 0 Å². The maximum atomic E-state index is 12.3. The largest absolute Gasteiger partial charge is 0.497 e. The summed E-state index contributed by atoms with van der Waals surface area (Å²) in [7, 11) is 3.19. The van der Waals surface area contributed by atoms with Crippen molar-refractivity contribution in [2.24, 2.45) is 0 Å². The van der Waals surface area contributed by atoms with Gasteiger partial charge in [-0.1, -0.05) is 30.3 Å². The Labute approximate surface area is 153 Å². The van der Waals surface area contributed by atoms with E-state index in [1.807, 2.05) is 42.5 Å². The smallest absolute Gasteiger partial charge is 0.224 e. The number of benzene rings is 2. The van der Waals surface area contributed by atoms with Crippen LogP contribution in [-0.2, 0) is 17.6 Å². The summed E-state index contributed by atoms with van der Waals surface area (Å²) >= 11 is 0. The van der Waals surface area contributed by atoms with Crippen LogP contribution in [0.15, 0.2) is 54.7 Å². The summed E-state index contributed by atoms with van der Waals surface area (Å²) in [5.74, 6) is 1.31. The zero-order valence-corrected chi connectivity index (χ0v) is 15.0. The molecule has 0 aliphatic heterocycles. The van der Waals surface area contributed by atoms with Crippen molar-refractivity contribution < 1.29 is 14.3 Å². The number of carbonyl (C=O) groups excluding carboxylic acids is 1. The minimum atomic E-state index is -0.0401. The number of pyridine rings is 1. The van der Waals surface area contributed by atoms with E-state index in [-0.39, 0.29) is 12.3 Å². The number of carbonyl (C=O) groups is 1. The van der Waals surface area contributed by atoms with E-state index in [4.69, 9.17) is 9.47 Å². The Hall–Kier alpha value is -3.08. The molecule has 5 nitrogen and oxygen atoms in total. The van der Waals surface area contributed by atoms with Crippen molar-refractivity contribution in [3.05, 3.63) is 65.9 Å². The Balaban J connectivity index is 1.59. The number of para-hydroxylation sites is 1. The molecule has 1 amide bonds. The van der Waals surface area contributed by atoms with E-state index < -0.39 is 0 Å². The number of fused-ring (bicyclic) bond motifs is 1. The van der Waals surface area contributed by atoms with Gasteiger partial charge in [0.25, 0.3) is 0 Å². The average Bonchev–Trinajstić information content (AvgIpc) is 2.68. The molecular formula is C21H22N2O3. The molecule has 5 heteroatoms. The van der Waals surface area contributed by atoms with Crippen LogP contribution in [0.1, 0.15) is 11.1 Å². The van der Waals surface area contributed by atoms with Crippen LogP contribution in [0.3, 0.4) is 0 Å². The van der Waals surface area contributed by atoms with E-state index in [1.165, 1.54) is 0 Å². The quantitative estimate of drug-likeness (QED) is 0.711. The number of nitrogens with one attached hydrogen (secondary N) is 1. The fourth-order valence-electron chi connectivity index (χ4n) is 2.94. The molecule has 0 atom stereocenters. The van der Waals surface area contributed by atoms with Crippen LogP contribution >= 0.6 is 0 Å². The minimum Gasteiger partial charge on any atom is -0.497 e. The third-order valence-corrected chi connectivity index (χ3v) is 4.28. The van der Waals surface area contributed by atoms with Crippen molar-refractivity contribution in [1.82, 2.24) is 10.3 Å². The third kappa shape index (κ3) is 4.11.